The first-order valence-electron chi connectivity index (χ1n) is 4.39. The molecule has 70 valence electrons. The van der Waals surface area contributed by atoms with Gasteiger partial charge in [0.15, 0.2) is 0 Å². The van der Waals surface area contributed by atoms with Crippen LogP contribution in [0.2, 0.25) is 0 Å². The third kappa shape index (κ3) is 1.82. The normalized spacial score (nSPS) is 19.5. The molecule has 13 heavy (non-hydrogen) atoms. The largest absolute Gasteiger partial charge is 0.508 e. The first-order valence-corrected chi connectivity index (χ1v) is 4.39. The second-order valence-electron chi connectivity index (χ2n) is 3.67. The van der Waals surface area contributed by atoms with Crippen molar-refractivity contribution in [2.75, 3.05) is 13.1 Å². The fraction of sp³-hybridized carbons (Fsp3) is 0.400. The smallest absolute Gasteiger partial charge is 0.115 e. The monoisotopic (exact) mass is 179 g/mol. The summed E-state index contributed by atoms with van der Waals surface area (Å²) >= 11 is 0. The Bertz CT molecular complexity index is 290. The number of aliphatic hydroxyl groups is 1. The summed E-state index contributed by atoms with van der Waals surface area (Å²) in [5.74, 6) is 0.266. The Morgan fingerprint density at radius 2 is 1.85 bits per heavy atom. The van der Waals surface area contributed by atoms with Crippen molar-refractivity contribution in [3.8, 4) is 5.75 Å². The van der Waals surface area contributed by atoms with Crippen LogP contribution in [0.4, 0.5) is 0 Å². The number of hydrogen-bond acceptors (Lipinski definition) is 3. The highest BCUT2D eigenvalue weighted by Crippen LogP contribution is 2.19. The molecule has 3 N–H and O–H groups in total. The lowest BCUT2D eigenvalue weighted by Crippen LogP contribution is -2.60. The molecule has 1 aromatic rings. The highest BCUT2D eigenvalue weighted by Gasteiger charge is 2.33. The van der Waals surface area contributed by atoms with Crippen molar-refractivity contribution in [1.82, 2.24) is 5.32 Å². The average molecular weight is 179 g/mol. The summed E-state index contributed by atoms with van der Waals surface area (Å²) in [6.45, 7) is 1.32. The standard InChI is InChI=1S/C10H13NO2/c12-9-3-1-8(2-4-9)5-10(13)6-11-7-10/h1-4,11-13H,5-7H2. The maximum Gasteiger partial charge on any atom is 0.115 e. The van der Waals surface area contributed by atoms with Crippen molar-refractivity contribution in [1.29, 1.82) is 0 Å². The van der Waals surface area contributed by atoms with Crippen molar-refractivity contribution >= 4 is 0 Å². The van der Waals surface area contributed by atoms with Gasteiger partial charge in [-0.2, -0.15) is 0 Å². The Hall–Kier alpha value is -1.06. The molecule has 1 aromatic carbocycles. The molecule has 0 amide bonds. The van der Waals surface area contributed by atoms with Gasteiger partial charge >= 0.3 is 0 Å². The highest BCUT2D eigenvalue weighted by molar-refractivity contribution is 5.27. The molecule has 1 aliphatic rings. The van der Waals surface area contributed by atoms with E-state index in [0.29, 0.717) is 19.5 Å². The Kier molecular flexibility index (Phi) is 1.98. The molecule has 2 rings (SSSR count). The van der Waals surface area contributed by atoms with Crippen LogP contribution < -0.4 is 5.32 Å². The molecule has 0 radical (unpaired) electrons. The van der Waals surface area contributed by atoms with E-state index in [9.17, 15) is 5.11 Å². The number of rotatable bonds is 2. The molecular weight excluding hydrogens is 166 g/mol. The number of benzene rings is 1. The molecule has 1 saturated heterocycles. The van der Waals surface area contributed by atoms with Crippen molar-refractivity contribution in [2.24, 2.45) is 0 Å². The Labute approximate surface area is 77.0 Å². The van der Waals surface area contributed by atoms with Gasteiger partial charge in [-0.1, -0.05) is 12.1 Å². The van der Waals surface area contributed by atoms with E-state index in [4.69, 9.17) is 5.11 Å². The van der Waals surface area contributed by atoms with E-state index >= 15 is 0 Å². The molecule has 3 heteroatoms. The summed E-state index contributed by atoms with van der Waals surface area (Å²) < 4.78 is 0. The zero-order chi connectivity index (χ0) is 9.31. The quantitative estimate of drug-likeness (QED) is 0.610. The van der Waals surface area contributed by atoms with E-state index in [0.717, 1.165) is 5.56 Å². The number of hydrogen-bond donors (Lipinski definition) is 3. The molecule has 0 unspecified atom stereocenters. The Morgan fingerprint density at radius 3 is 2.31 bits per heavy atom. The minimum Gasteiger partial charge on any atom is -0.508 e. The zero-order valence-corrected chi connectivity index (χ0v) is 7.33. The van der Waals surface area contributed by atoms with Crippen LogP contribution in [0.5, 0.6) is 5.75 Å². The topological polar surface area (TPSA) is 52.5 Å². The lowest BCUT2D eigenvalue weighted by Gasteiger charge is -2.37. The summed E-state index contributed by atoms with van der Waals surface area (Å²) in [5, 5.41) is 21.9. The fourth-order valence-electron chi connectivity index (χ4n) is 1.53. The molecule has 0 saturated carbocycles. The predicted octanol–water partition coefficient (Wildman–Crippen LogP) is 0.269. The second-order valence-corrected chi connectivity index (χ2v) is 3.67. The van der Waals surface area contributed by atoms with Crippen molar-refractivity contribution < 1.29 is 10.2 Å². The number of nitrogens with one attached hydrogen (secondary N) is 1. The van der Waals surface area contributed by atoms with Gasteiger partial charge in [-0.05, 0) is 17.7 Å². The molecule has 0 spiro atoms. The Balaban J connectivity index is 2.05. The molecule has 1 fully saturated rings. The molecule has 0 bridgehead atoms. The van der Waals surface area contributed by atoms with Gasteiger partial charge in [0.05, 0.1) is 5.60 Å². The SMILES string of the molecule is Oc1ccc(CC2(O)CNC2)cc1. The summed E-state index contributed by atoms with van der Waals surface area (Å²) in [7, 11) is 0. The van der Waals surface area contributed by atoms with Gasteiger partial charge in [0.2, 0.25) is 0 Å². The van der Waals surface area contributed by atoms with Crippen LogP contribution >= 0.6 is 0 Å². The molecule has 1 aliphatic heterocycles. The van der Waals surface area contributed by atoms with Gasteiger partial charge in [-0.25, -0.2) is 0 Å². The first kappa shape index (κ1) is 8.53. The van der Waals surface area contributed by atoms with Crippen molar-refractivity contribution in [3.63, 3.8) is 0 Å². The second kappa shape index (κ2) is 3.01. The summed E-state index contributed by atoms with van der Waals surface area (Å²) in [4.78, 5) is 0. The van der Waals surface area contributed by atoms with Gasteiger partial charge in [-0.15, -0.1) is 0 Å². The minimum absolute atomic E-state index is 0.266. The van der Waals surface area contributed by atoms with E-state index < -0.39 is 5.60 Å². The number of phenols is 1. The van der Waals surface area contributed by atoms with Crippen molar-refractivity contribution in [3.05, 3.63) is 29.8 Å². The summed E-state index contributed by atoms with van der Waals surface area (Å²) in [5.41, 5.74) is 0.485. The molecule has 0 aromatic heterocycles. The van der Waals surface area contributed by atoms with Gasteiger partial charge in [-0.3, -0.25) is 0 Å². The van der Waals surface area contributed by atoms with Crippen LogP contribution in [-0.2, 0) is 6.42 Å². The van der Waals surface area contributed by atoms with E-state index in [2.05, 4.69) is 5.32 Å². The van der Waals surface area contributed by atoms with Crippen molar-refractivity contribution in [2.45, 2.75) is 12.0 Å². The van der Waals surface area contributed by atoms with Gasteiger partial charge < -0.3 is 15.5 Å². The molecule has 1 heterocycles. The number of β-amino-alcohol motifs (C(OH)–C–C–N with tert-alkyl or cyclic N) is 1. The van der Waals surface area contributed by atoms with Crippen LogP contribution in [-0.4, -0.2) is 28.9 Å². The first-order chi connectivity index (χ1) is 6.18. The highest BCUT2D eigenvalue weighted by atomic mass is 16.3. The number of aromatic hydroxyl groups is 1. The minimum atomic E-state index is -0.572. The van der Waals surface area contributed by atoms with Gasteiger partial charge in [0.25, 0.3) is 0 Å². The third-order valence-electron chi connectivity index (χ3n) is 2.38. The van der Waals surface area contributed by atoms with E-state index in [1.165, 1.54) is 0 Å². The van der Waals surface area contributed by atoms with Crippen LogP contribution in [0.25, 0.3) is 0 Å². The fourth-order valence-corrected chi connectivity index (χ4v) is 1.53. The van der Waals surface area contributed by atoms with E-state index in [1.54, 1.807) is 12.1 Å². The van der Waals surface area contributed by atoms with Crippen LogP contribution in [0.1, 0.15) is 5.56 Å². The third-order valence-corrected chi connectivity index (χ3v) is 2.38. The molecule has 0 aliphatic carbocycles. The van der Waals surface area contributed by atoms with Crippen LogP contribution in [0.3, 0.4) is 0 Å². The Morgan fingerprint density at radius 1 is 1.23 bits per heavy atom. The maximum atomic E-state index is 9.81. The summed E-state index contributed by atoms with van der Waals surface area (Å²) in [6.07, 6.45) is 0.653. The van der Waals surface area contributed by atoms with E-state index in [-0.39, 0.29) is 5.75 Å². The van der Waals surface area contributed by atoms with Crippen LogP contribution in [0.15, 0.2) is 24.3 Å². The molecule has 0 atom stereocenters. The summed E-state index contributed by atoms with van der Waals surface area (Å²) in [6, 6.07) is 6.97. The lowest BCUT2D eigenvalue weighted by atomic mass is 9.89. The molecular formula is C10H13NO2. The van der Waals surface area contributed by atoms with Crippen LogP contribution in [0, 0.1) is 0 Å². The average Bonchev–Trinajstić information content (AvgIpc) is 2.06. The predicted molar refractivity (Wildman–Crippen MR) is 49.6 cm³/mol. The maximum absolute atomic E-state index is 9.81. The lowest BCUT2D eigenvalue weighted by molar-refractivity contribution is -0.00902. The number of phenolic OH excluding ortho intramolecular Hbond substituents is 1. The molecule has 3 nitrogen and oxygen atoms in total. The zero-order valence-electron chi connectivity index (χ0n) is 7.33. The van der Waals surface area contributed by atoms with Gasteiger partial charge in [0.1, 0.15) is 5.75 Å². The van der Waals surface area contributed by atoms with E-state index in [1.807, 2.05) is 12.1 Å². The van der Waals surface area contributed by atoms with Gasteiger partial charge in [0, 0.05) is 19.5 Å².